The van der Waals surface area contributed by atoms with E-state index < -0.39 is 0 Å². The number of halogens is 1. The highest BCUT2D eigenvalue weighted by atomic mass is 35.5. The standard InChI is InChI=1S/C21H21NO.ClH/c1-2-6-16(7-3-1)15-23-21-13-10-17-8-4-5-9-19(17)20(21)14-22-18-11-12-18;/h1-10,13,18,22H,11-12,14-15H2;1H. The molecule has 1 saturated carbocycles. The van der Waals surface area contributed by atoms with Gasteiger partial charge in [0, 0.05) is 18.2 Å². The Balaban J connectivity index is 0.00000169. The molecule has 1 aliphatic carbocycles. The monoisotopic (exact) mass is 339 g/mol. The number of rotatable bonds is 6. The highest BCUT2D eigenvalue weighted by Crippen LogP contribution is 2.30. The zero-order chi connectivity index (χ0) is 15.5. The highest BCUT2D eigenvalue weighted by molar-refractivity contribution is 5.87. The Kier molecular flexibility index (Phi) is 5.39. The van der Waals surface area contributed by atoms with Crippen LogP contribution in [0.5, 0.6) is 5.75 Å². The average molecular weight is 340 g/mol. The van der Waals surface area contributed by atoms with Crippen LogP contribution in [0.25, 0.3) is 10.8 Å². The molecule has 1 aliphatic rings. The lowest BCUT2D eigenvalue weighted by atomic mass is 10.0. The third-order valence-electron chi connectivity index (χ3n) is 4.38. The Labute approximate surface area is 149 Å². The van der Waals surface area contributed by atoms with Crippen molar-refractivity contribution in [1.82, 2.24) is 5.32 Å². The maximum Gasteiger partial charge on any atom is 0.124 e. The molecule has 0 saturated heterocycles. The zero-order valence-corrected chi connectivity index (χ0v) is 14.4. The van der Waals surface area contributed by atoms with Gasteiger partial charge >= 0.3 is 0 Å². The summed E-state index contributed by atoms with van der Waals surface area (Å²) < 4.78 is 6.14. The van der Waals surface area contributed by atoms with Gasteiger partial charge in [-0.3, -0.25) is 0 Å². The minimum Gasteiger partial charge on any atom is -0.489 e. The molecular formula is C21H22ClNO. The van der Waals surface area contributed by atoms with E-state index in [-0.39, 0.29) is 12.4 Å². The summed E-state index contributed by atoms with van der Waals surface area (Å²) in [6.45, 7) is 1.48. The smallest absolute Gasteiger partial charge is 0.124 e. The van der Waals surface area contributed by atoms with Gasteiger partial charge in [-0.1, -0.05) is 60.7 Å². The number of hydrogen-bond acceptors (Lipinski definition) is 2. The Bertz CT molecular complexity index is 799. The Morgan fingerprint density at radius 3 is 2.42 bits per heavy atom. The Morgan fingerprint density at radius 2 is 1.62 bits per heavy atom. The van der Waals surface area contributed by atoms with Gasteiger partial charge in [-0.25, -0.2) is 0 Å². The van der Waals surface area contributed by atoms with Gasteiger partial charge < -0.3 is 10.1 Å². The van der Waals surface area contributed by atoms with E-state index in [1.165, 1.54) is 34.7 Å². The Morgan fingerprint density at radius 1 is 0.875 bits per heavy atom. The first kappa shape index (κ1) is 16.8. The highest BCUT2D eigenvalue weighted by Gasteiger charge is 2.21. The lowest BCUT2D eigenvalue weighted by Crippen LogP contribution is -2.16. The molecule has 3 aromatic carbocycles. The van der Waals surface area contributed by atoms with E-state index in [2.05, 4.69) is 66.0 Å². The molecular weight excluding hydrogens is 318 g/mol. The SMILES string of the molecule is Cl.c1ccc(COc2ccc3ccccc3c2CNC2CC2)cc1. The van der Waals surface area contributed by atoms with E-state index in [0.29, 0.717) is 12.6 Å². The summed E-state index contributed by atoms with van der Waals surface area (Å²) in [7, 11) is 0. The van der Waals surface area contributed by atoms with Gasteiger partial charge in [0.1, 0.15) is 12.4 Å². The summed E-state index contributed by atoms with van der Waals surface area (Å²) in [6.07, 6.45) is 2.59. The topological polar surface area (TPSA) is 21.3 Å². The molecule has 3 heteroatoms. The van der Waals surface area contributed by atoms with E-state index in [0.717, 1.165) is 12.3 Å². The van der Waals surface area contributed by atoms with Gasteiger partial charge in [0.2, 0.25) is 0 Å². The van der Waals surface area contributed by atoms with E-state index in [9.17, 15) is 0 Å². The van der Waals surface area contributed by atoms with Crippen molar-refractivity contribution < 1.29 is 4.74 Å². The maximum atomic E-state index is 6.14. The average Bonchev–Trinajstić information content (AvgIpc) is 3.43. The quantitative estimate of drug-likeness (QED) is 0.675. The minimum atomic E-state index is 0. The van der Waals surface area contributed by atoms with Crippen LogP contribution in [-0.2, 0) is 13.2 Å². The molecule has 0 unspecified atom stereocenters. The van der Waals surface area contributed by atoms with Crippen LogP contribution in [0.4, 0.5) is 0 Å². The van der Waals surface area contributed by atoms with Gasteiger partial charge in [0.15, 0.2) is 0 Å². The van der Waals surface area contributed by atoms with Crippen molar-refractivity contribution >= 4 is 23.2 Å². The molecule has 0 bridgehead atoms. The zero-order valence-electron chi connectivity index (χ0n) is 13.6. The van der Waals surface area contributed by atoms with Gasteiger partial charge in [-0.2, -0.15) is 0 Å². The van der Waals surface area contributed by atoms with Crippen molar-refractivity contribution in [2.45, 2.75) is 32.0 Å². The summed E-state index contributed by atoms with van der Waals surface area (Å²) in [5.41, 5.74) is 2.47. The van der Waals surface area contributed by atoms with Crippen molar-refractivity contribution in [1.29, 1.82) is 0 Å². The molecule has 0 aliphatic heterocycles. The van der Waals surface area contributed by atoms with Crippen molar-refractivity contribution in [3.8, 4) is 5.75 Å². The molecule has 0 spiro atoms. The second-order valence-corrected chi connectivity index (χ2v) is 6.19. The predicted molar refractivity (Wildman–Crippen MR) is 102 cm³/mol. The van der Waals surface area contributed by atoms with Crippen LogP contribution in [0.1, 0.15) is 24.0 Å². The summed E-state index contributed by atoms with van der Waals surface area (Å²) in [5.74, 6) is 0.987. The van der Waals surface area contributed by atoms with Gasteiger partial charge in [-0.05, 0) is 35.2 Å². The number of fused-ring (bicyclic) bond motifs is 1. The molecule has 124 valence electrons. The molecule has 0 amide bonds. The first-order valence-electron chi connectivity index (χ1n) is 8.31. The van der Waals surface area contributed by atoms with Gasteiger partial charge in [0.05, 0.1) is 0 Å². The second kappa shape index (κ2) is 7.69. The second-order valence-electron chi connectivity index (χ2n) is 6.19. The minimum absolute atomic E-state index is 0. The van der Waals surface area contributed by atoms with Crippen LogP contribution in [0.2, 0.25) is 0 Å². The van der Waals surface area contributed by atoms with Crippen LogP contribution < -0.4 is 10.1 Å². The number of ether oxygens (including phenoxy) is 1. The summed E-state index contributed by atoms with van der Waals surface area (Å²) in [6, 6.07) is 23.8. The van der Waals surface area contributed by atoms with E-state index in [4.69, 9.17) is 4.74 Å². The van der Waals surface area contributed by atoms with Crippen molar-refractivity contribution in [3.05, 3.63) is 77.9 Å². The Hall–Kier alpha value is -2.03. The molecule has 0 heterocycles. The molecule has 1 N–H and O–H groups in total. The van der Waals surface area contributed by atoms with Crippen molar-refractivity contribution in [2.24, 2.45) is 0 Å². The fourth-order valence-corrected chi connectivity index (χ4v) is 2.90. The largest absolute Gasteiger partial charge is 0.489 e. The molecule has 3 aromatic rings. The van der Waals surface area contributed by atoms with Crippen LogP contribution >= 0.6 is 12.4 Å². The maximum absolute atomic E-state index is 6.14. The number of hydrogen-bond donors (Lipinski definition) is 1. The summed E-state index contributed by atoms with van der Waals surface area (Å²) in [4.78, 5) is 0. The van der Waals surface area contributed by atoms with Crippen LogP contribution in [-0.4, -0.2) is 6.04 Å². The normalized spacial score (nSPS) is 13.5. The van der Waals surface area contributed by atoms with E-state index >= 15 is 0 Å². The van der Waals surface area contributed by atoms with Crippen molar-refractivity contribution in [2.75, 3.05) is 0 Å². The first-order chi connectivity index (χ1) is 11.4. The summed E-state index contributed by atoms with van der Waals surface area (Å²) in [5, 5.41) is 6.18. The molecule has 4 rings (SSSR count). The van der Waals surface area contributed by atoms with Crippen LogP contribution in [0.3, 0.4) is 0 Å². The van der Waals surface area contributed by atoms with Crippen LogP contribution in [0, 0.1) is 0 Å². The fraction of sp³-hybridized carbons (Fsp3) is 0.238. The van der Waals surface area contributed by atoms with E-state index in [1.807, 2.05) is 6.07 Å². The molecule has 2 nitrogen and oxygen atoms in total. The predicted octanol–water partition coefficient (Wildman–Crippen LogP) is 5.09. The molecule has 24 heavy (non-hydrogen) atoms. The van der Waals surface area contributed by atoms with Crippen LogP contribution in [0.15, 0.2) is 66.7 Å². The van der Waals surface area contributed by atoms with E-state index in [1.54, 1.807) is 0 Å². The van der Waals surface area contributed by atoms with Gasteiger partial charge in [0.25, 0.3) is 0 Å². The lowest BCUT2D eigenvalue weighted by molar-refractivity contribution is 0.302. The number of benzene rings is 3. The lowest BCUT2D eigenvalue weighted by Gasteiger charge is -2.15. The summed E-state index contributed by atoms with van der Waals surface area (Å²) >= 11 is 0. The molecule has 1 fully saturated rings. The third-order valence-corrected chi connectivity index (χ3v) is 4.38. The first-order valence-corrected chi connectivity index (χ1v) is 8.31. The fourth-order valence-electron chi connectivity index (χ4n) is 2.90. The van der Waals surface area contributed by atoms with Gasteiger partial charge in [-0.15, -0.1) is 12.4 Å². The molecule has 0 atom stereocenters. The molecule has 0 radical (unpaired) electrons. The molecule has 0 aromatic heterocycles. The third kappa shape index (κ3) is 3.89. The van der Waals surface area contributed by atoms with Crippen molar-refractivity contribution in [3.63, 3.8) is 0 Å². The number of nitrogens with one attached hydrogen (secondary N) is 1.